The second-order valence-electron chi connectivity index (χ2n) is 6.14. The Kier molecular flexibility index (Phi) is 6.17. The number of nitrogens with two attached hydrogens (primary N) is 1. The van der Waals surface area contributed by atoms with E-state index in [0.717, 1.165) is 25.7 Å². The fraction of sp³-hybridized carbons (Fsp3) is 0.412. The van der Waals surface area contributed by atoms with Gasteiger partial charge in [-0.15, -0.1) is 0 Å². The lowest BCUT2D eigenvalue weighted by Crippen LogP contribution is -2.30. The summed E-state index contributed by atoms with van der Waals surface area (Å²) in [5.74, 6) is -0.534. The van der Waals surface area contributed by atoms with E-state index in [1.165, 1.54) is 30.7 Å². The van der Waals surface area contributed by atoms with Gasteiger partial charge in [0.2, 0.25) is 10.0 Å². The van der Waals surface area contributed by atoms with E-state index in [0.29, 0.717) is 11.7 Å². The predicted molar refractivity (Wildman–Crippen MR) is 94.8 cm³/mol. The number of hydrogen-bond donors (Lipinski definition) is 2. The van der Waals surface area contributed by atoms with E-state index in [1.807, 2.05) is 18.0 Å². The number of nitrogens with one attached hydrogen (secondary N) is 1. The number of sulfonamides is 1. The van der Waals surface area contributed by atoms with Gasteiger partial charge >= 0.3 is 0 Å². The maximum atomic E-state index is 12.3. The molecule has 0 aliphatic heterocycles. The number of hydrogen-bond acceptors (Lipinski definition) is 5. The Morgan fingerprint density at radius 3 is 2.40 bits per heavy atom. The van der Waals surface area contributed by atoms with E-state index in [4.69, 9.17) is 5.14 Å². The van der Waals surface area contributed by atoms with Gasteiger partial charge in [0.15, 0.2) is 0 Å². The number of carbonyl (C=O) groups is 1. The number of nitriles is 1. The number of benzene rings is 1. The largest absolute Gasteiger partial charge is 0.376 e. The number of primary sulfonamides is 1. The highest BCUT2D eigenvalue weighted by Crippen LogP contribution is 2.22. The van der Waals surface area contributed by atoms with Crippen molar-refractivity contribution in [1.82, 2.24) is 4.90 Å². The molecule has 1 fully saturated rings. The quantitative estimate of drug-likeness (QED) is 0.613. The Labute approximate surface area is 148 Å². The van der Waals surface area contributed by atoms with Crippen molar-refractivity contribution >= 4 is 21.6 Å². The monoisotopic (exact) mass is 362 g/mol. The summed E-state index contributed by atoms with van der Waals surface area (Å²) in [5.41, 5.74) is 0.391. The Balaban J connectivity index is 2.06. The van der Waals surface area contributed by atoms with Gasteiger partial charge < -0.3 is 10.2 Å². The van der Waals surface area contributed by atoms with Gasteiger partial charge in [-0.1, -0.05) is 19.3 Å². The van der Waals surface area contributed by atoms with E-state index >= 15 is 0 Å². The van der Waals surface area contributed by atoms with Gasteiger partial charge in [0.1, 0.15) is 11.6 Å². The average molecular weight is 362 g/mol. The summed E-state index contributed by atoms with van der Waals surface area (Å²) >= 11 is 0. The van der Waals surface area contributed by atoms with Crippen molar-refractivity contribution in [2.45, 2.75) is 43.0 Å². The molecule has 1 aromatic carbocycles. The first kappa shape index (κ1) is 19.0. The van der Waals surface area contributed by atoms with E-state index in [1.54, 1.807) is 6.20 Å². The molecule has 8 heteroatoms. The molecule has 25 heavy (non-hydrogen) atoms. The summed E-state index contributed by atoms with van der Waals surface area (Å²) < 4.78 is 22.5. The molecule has 0 heterocycles. The first-order valence-electron chi connectivity index (χ1n) is 8.09. The average Bonchev–Trinajstić information content (AvgIpc) is 2.59. The van der Waals surface area contributed by atoms with E-state index < -0.39 is 15.9 Å². The number of rotatable bonds is 5. The van der Waals surface area contributed by atoms with Gasteiger partial charge in [-0.2, -0.15) is 5.26 Å². The van der Waals surface area contributed by atoms with E-state index in [9.17, 15) is 18.5 Å². The Hall–Kier alpha value is -2.37. The maximum absolute atomic E-state index is 12.3. The van der Waals surface area contributed by atoms with Crippen LogP contribution in [0.25, 0.3) is 0 Å². The smallest absolute Gasteiger partial charge is 0.267 e. The third kappa shape index (κ3) is 5.31. The Morgan fingerprint density at radius 2 is 1.88 bits per heavy atom. The fourth-order valence-corrected chi connectivity index (χ4v) is 3.38. The third-order valence-electron chi connectivity index (χ3n) is 4.29. The standard InChI is InChI=1S/C17H22N4O3S/c1-21(15-5-3-2-4-6-15)12-13(11-18)17(22)20-14-7-9-16(10-8-14)25(19,23)24/h7-10,12,15H,2-6H2,1H3,(H,20,22)(H2,19,23,24)/b13-12-. The van der Waals surface area contributed by atoms with Crippen LogP contribution in [0.3, 0.4) is 0 Å². The van der Waals surface area contributed by atoms with Crippen LogP contribution in [0.15, 0.2) is 40.9 Å². The maximum Gasteiger partial charge on any atom is 0.267 e. The van der Waals surface area contributed by atoms with Crippen molar-refractivity contribution in [2.75, 3.05) is 12.4 Å². The minimum absolute atomic E-state index is 0.00333. The number of amides is 1. The molecule has 134 valence electrons. The third-order valence-corrected chi connectivity index (χ3v) is 5.22. The second kappa shape index (κ2) is 8.14. The van der Waals surface area contributed by atoms with Crippen molar-refractivity contribution < 1.29 is 13.2 Å². The molecule has 2 rings (SSSR count). The summed E-state index contributed by atoms with van der Waals surface area (Å²) in [4.78, 5) is 14.2. The molecule has 0 radical (unpaired) electrons. The van der Waals surface area contributed by atoms with Crippen LogP contribution in [0.2, 0.25) is 0 Å². The zero-order chi connectivity index (χ0) is 18.4. The highest BCUT2D eigenvalue weighted by Gasteiger charge is 2.18. The van der Waals surface area contributed by atoms with Gasteiger partial charge in [-0.3, -0.25) is 4.79 Å². The van der Waals surface area contributed by atoms with Gasteiger partial charge in [0.25, 0.3) is 5.91 Å². The molecule has 0 spiro atoms. The van der Waals surface area contributed by atoms with Crippen molar-refractivity contribution in [3.8, 4) is 6.07 Å². The van der Waals surface area contributed by atoms with Crippen LogP contribution in [0.1, 0.15) is 32.1 Å². The van der Waals surface area contributed by atoms with Crippen LogP contribution in [0.5, 0.6) is 0 Å². The molecule has 1 aliphatic rings. The fourth-order valence-electron chi connectivity index (χ4n) is 2.86. The summed E-state index contributed by atoms with van der Waals surface area (Å²) in [7, 11) is -1.90. The van der Waals surface area contributed by atoms with Crippen molar-refractivity contribution in [3.63, 3.8) is 0 Å². The SMILES string of the molecule is CN(/C=C(/C#N)C(=O)Nc1ccc(S(N)(=O)=O)cc1)C1CCCCC1. The number of nitrogens with zero attached hydrogens (tertiary/aromatic N) is 2. The van der Waals surface area contributed by atoms with Crippen LogP contribution in [-0.4, -0.2) is 32.3 Å². The Bertz CT molecular complexity index is 788. The first-order chi connectivity index (χ1) is 11.8. The molecule has 3 N–H and O–H groups in total. The van der Waals surface area contributed by atoms with Crippen molar-refractivity contribution in [3.05, 3.63) is 36.0 Å². The summed E-state index contributed by atoms with van der Waals surface area (Å²) in [6, 6.07) is 7.72. The van der Waals surface area contributed by atoms with Gasteiger partial charge in [0.05, 0.1) is 4.90 Å². The molecule has 1 saturated carbocycles. The molecule has 0 bridgehead atoms. The summed E-state index contributed by atoms with van der Waals surface area (Å²) in [6.07, 6.45) is 7.24. The predicted octanol–water partition coefficient (Wildman–Crippen LogP) is 1.94. The second-order valence-corrected chi connectivity index (χ2v) is 7.70. The highest BCUT2D eigenvalue weighted by molar-refractivity contribution is 7.89. The van der Waals surface area contributed by atoms with Gasteiger partial charge in [0, 0.05) is 25.0 Å². The molecule has 0 aromatic heterocycles. The number of carbonyl (C=O) groups excluding carboxylic acids is 1. The molecule has 0 atom stereocenters. The molecule has 7 nitrogen and oxygen atoms in total. The minimum atomic E-state index is -3.78. The van der Waals surface area contributed by atoms with E-state index in [2.05, 4.69) is 5.32 Å². The lowest BCUT2D eigenvalue weighted by molar-refractivity contribution is -0.112. The van der Waals surface area contributed by atoms with Crippen LogP contribution in [-0.2, 0) is 14.8 Å². The molecule has 0 unspecified atom stereocenters. The molecule has 1 amide bonds. The zero-order valence-electron chi connectivity index (χ0n) is 14.1. The molecule has 1 aliphatic carbocycles. The Morgan fingerprint density at radius 1 is 1.28 bits per heavy atom. The van der Waals surface area contributed by atoms with Crippen molar-refractivity contribution in [1.29, 1.82) is 5.26 Å². The van der Waals surface area contributed by atoms with Crippen LogP contribution in [0.4, 0.5) is 5.69 Å². The summed E-state index contributed by atoms with van der Waals surface area (Å²) in [6.45, 7) is 0. The molecule has 1 aromatic rings. The van der Waals surface area contributed by atoms with Gasteiger partial charge in [-0.05, 0) is 37.1 Å². The molecule has 0 saturated heterocycles. The minimum Gasteiger partial charge on any atom is -0.376 e. The lowest BCUT2D eigenvalue weighted by atomic mass is 9.94. The molecular weight excluding hydrogens is 340 g/mol. The normalized spacial score (nSPS) is 16.1. The van der Waals surface area contributed by atoms with E-state index in [-0.39, 0.29) is 10.5 Å². The lowest BCUT2D eigenvalue weighted by Gasteiger charge is -2.30. The highest BCUT2D eigenvalue weighted by atomic mass is 32.2. The zero-order valence-corrected chi connectivity index (χ0v) is 14.9. The van der Waals surface area contributed by atoms with Crippen LogP contribution in [0, 0.1) is 11.3 Å². The molecular formula is C17H22N4O3S. The topological polar surface area (TPSA) is 116 Å². The summed E-state index contributed by atoms with van der Waals surface area (Å²) in [5, 5.41) is 16.9. The number of anilines is 1. The van der Waals surface area contributed by atoms with Gasteiger partial charge in [-0.25, -0.2) is 13.6 Å². The van der Waals surface area contributed by atoms with Crippen molar-refractivity contribution in [2.24, 2.45) is 5.14 Å². The first-order valence-corrected chi connectivity index (χ1v) is 9.64. The van der Waals surface area contributed by atoms with Crippen LogP contribution >= 0.6 is 0 Å². The van der Waals surface area contributed by atoms with Crippen LogP contribution < -0.4 is 10.5 Å².